The fraction of sp³-hybridized carbons (Fsp3) is 0.130. The van der Waals surface area contributed by atoms with Gasteiger partial charge in [-0.05, 0) is 42.8 Å². The number of rotatable bonds is 4. The van der Waals surface area contributed by atoms with Crippen molar-refractivity contribution in [2.45, 2.75) is 24.3 Å². The Morgan fingerprint density at radius 1 is 1.06 bits per heavy atom. The van der Waals surface area contributed by atoms with Crippen molar-refractivity contribution in [3.05, 3.63) is 95.0 Å². The number of hydrogen-bond donors (Lipinski definition) is 0. The number of benzene rings is 2. The summed E-state index contributed by atoms with van der Waals surface area (Å²) in [7, 11) is -3.92. The molecule has 0 N–H and O–H groups in total. The molecule has 5 rings (SSSR count). The molecule has 2 aromatic heterocycles. The molecule has 0 aliphatic carbocycles. The van der Waals surface area contributed by atoms with Gasteiger partial charge in [-0.2, -0.15) is 17.9 Å². The lowest BCUT2D eigenvalue weighted by Gasteiger charge is -2.24. The molecule has 1 atom stereocenters. The Morgan fingerprint density at radius 3 is 2.61 bits per heavy atom. The first-order valence-corrected chi connectivity index (χ1v) is 11.5. The zero-order valence-electron chi connectivity index (χ0n) is 16.6. The van der Waals surface area contributed by atoms with E-state index in [0.29, 0.717) is 23.5 Å². The number of sulfonamides is 1. The largest absolute Gasteiger partial charge is 0.463 e. The topological polar surface area (TPSA) is 75.8 Å². The minimum atomic E-state index is -3.92. The summed E-state index contributed by atoms with van der Waals surface area (Å²) >= 11 is 6.58. The summed E-state index contributed by atoms with van der Waals surface area (Å²) < 4.78 is 33.6. The maximum atomic E-state index is 13.5. The molecule has 0 bridgehead atoms. The van der Waals surface area contributed by atoms with E-state index in [1.807, 2.05) is 31.2 Å². The van der Waals surface area contributed by atoms with Gasteiger partial charge in [0.1, 0.15) is 16.6 Å². The van der Waals surface area contributed by atoms with Gasteiger partial charge >= 0.3 is 0 Å². The molecule has 6 nitrogen and oxygen atoms in total. The molecular weight excluding hydrogens is 434 g/mol. The predicted octanol–water partition coefficient (Wildman–Crippen LogP) is 5.33. The van der Waals surface area contributed by atoms with E-state index in [1.54, 1.807) is 42.5 Å². The lowest BCUT2D eigenvalue weighted by atomic mass is 10.0. The third-order valence-corrected chi connectivity index (χ3v) is 7.35. The average Bonchev–Trinajstić information content (AvgIpc) is 3.45. The zero-order chi connectivity index (χ0) is 21.6. The van der Waals surface area contributed by atoms with Gasteiger partial charge in [0, 0.05) is 17.4 Å². The minimum Gasteiger partial charge on any atom is -0.463 e. The number of aromatic nitrogens is 1. The fourth-order valence-electron chi connectivity index (χ4n) is 3.81. The standard InChI is InChI=1S/C23H18ClN3O3S/c1-15-7-5-8-16-13-18(23(24)25-22(15)16)20-14-19(21-11-6-12-30-21)26-27(20)31(28,29)17-9-3-2-4-10-17/h2-13,20H,14H2,1H3/t20-/m0/s1. The Kier molecular flexibility index (Phi) is 4.79. The van der Waals surface area contributed by atoms with Gasteiger partial charge in [-0.3, -0.25) is 0 Å². The molecular formula is C23H18ClN3O3S. The van der Waals surface area contributed by atoms with Crippen molar-refractivity contribution in [3.63, 3.8) is 0 Å². The molecule has 0 saturated carbocycles. The third-order valence-electron chi connectivity index (χ3n) is 5.35. The molecule has 156 valence electrons. The molecule has 0 fully saturated rings. The van der Waals surface area contributed by atoms with Gasteiger partial charge in [0.15, 0.2) is 0 Å². The number of halogens is 1. The first-order valence-electron chi connectivity index (χ1n) is 9.72. The number of nitrogens with zero attached hydrogens (tertiary/aromatic N) is 3. The van der Waals surface area contributed by atoms with Crippen LogP contribution in [0, 0.1) is 6.92 Å². The highest BCUT2D eigenvalue weighted by atomic mass is 35.5. The van der Waals surface area contributed by atoms with Crippen molar-refractivity contribution in [1.29, 1.82) is 0 Å². The molecule has 0 saturated heterocycles. The molecule has 2 aromatic carbocycles. The van der Waals surface area contributed by atoms with Crippen molar-refractivity contribution in [3.8, 4) is 0 Å². The predicted molar refractivity (Wildman–Crippen MR) is 120 cm³/mol. The molecule has 4 aromatic rings. The van der Waals surface area contributed by atoms with Crippen LogP contribution in [0.2, 0.25) is 5.15 Å². The minimum absolute atomic E-state index is 0.158. The molecule has 0 radical (unpaired) electrons. The third kappa shape index (κ3) is 3.40. The van der Waals surface area contributed by atoms with E-state index in [4.69, 9.17) is 16.0 Å². The second-order valence-electron chi connectivity index (χ2n) is 7.35. The van der Waals surface area contributed by atoms with E-state index < -0.39 is 16.1 Å². The van der Waals surface area contributed by atoms with Crippen LogP contribution >= 0.6 is 11.6 Å². The average molecular weight is 452 g/mol. The van der Waals surface area contributed by atoms with Crippen LogP contribution in [0.4, 0.5) is 0 Å². The molecule has 0 amide bonds. The van der Waals surface area contributed by atoms with Crippen LogP contribution in [0.1, 0.15) is 29.3 Å². The van der Waals surface area contributed by atoms with E-state index in [1.165, 1.54) is 6.26 Å². The summed E-state index contributed by atoms with van der Waals surface area (Å²) in [6.45, 7) is 1.96. The van der Waals surface area contributed by atoms with Gasteiger partial charge < -0.3 is 4.42 Å². The highest BCUT2D eigenvalue weighted by Crippen LogP contribution is 2.40. The van der Waals surface area contributed by atoms with Crippen molar-refractivity contribution < 1.29 is 12.8 Å². The quantitative estimate of drug-likeness (QED) is 0.393. The van der Waals surface area contributed by atoms with Crippen LogP contribution in [0.25, 0.3) is 10.9 Å². The van der Waals surface area contributed by atoms with Crippen molar-refractivity contribution in [1.82, 2.24) is 9.40 Å². The molecule has 0 unspecified atom stereocenters. The second-order valence-corrected chi connectivity index (χ2v) is 9.50. The lowest BCUT2D eigenvalue weighted by molar-refractivity contribution is 0.371. The number of pyridine rings is 1. The summed E-state index contributed by atoms with van der Waals surface area (Å²) in [4.78, 5) is 4.72. The number of fused-ring (bicyclic) bond motifs is 1. The Morgan fingerprint density at radius 2 is 1.87 bits per heavy atom. The number of para-hydroxylation sites is 1. The van der Waals surface area contributed by atoms with Gasteiger partial charge in [-0.1, -0.05) is 48.0 Å². The molecule has 8 heteroatoms. The Balaban J connectivity index is 1.67. The Bertz CT molecular complexity index is 1400. The number of furan rings is 1. The van der Waals surface area contributed by atoms with Gasteiger partial charge in [-0.25, -0.2) is 4.98 Å². The first kappa shape index (κ1) is 19.8. The van der Waals surface area contributed by atoms with Crippen LogP contribution in [0.15, 0.2) is 87.4 Å². The molecule has 31 heavy (non-hydrogen) atoms. The molecule has 3 heterocycles. The SMILES string of the molecule is Cc1cccc2cc([C@@H]3CC(c4ccco4)=NN3S(=O)(=O)c3ccccc3)c(Cl)nc12. The maximum Gasteiger partial charge on any atom is 0.279 e. The smallest absolute Gasteiger partial charge is 0.279 e. The Hall–Kier alpha value is -3.16. The summed E-state index contributed by atoms with van der Waals surface area (Å²) in [5, 5.41) is 5.61. The van der Waals surface area contributed by atoms with E-state index >= 15 is 0 Å². The number of aryl methyl sites for hydroxylation is 1. The first-order chi connectivity index (χ1) is 14.9. The molecule has 1 aliphatic rings. The highest BCUT2D eigenvalue weighted by molar-refractivity contribution is 7.89. The van der Waals surface area contributed by atoms with Crippen molar-refractivity contribution in [2.24, 2.45) is 5.10 Å². The van der Waals surface area contributed by atoms with Crippen LogP contribution in [-0.2, 0) is 10.0 Å². The van der Waals surface area contributed by atoms with Gasteiger partial charge in [0.05, 0.1) is 22.7 Å². The second kappa shape index (κ2) is 7.51. The molecule has 1 aliphatic heterocycles. The van der Waals surface area contributed by atoms with Gasteiger partial charge in [-0.15, -0.1) is 0 Å². The highest BCUT2D eigenvalue weighted by Gasteiger charge is 2.39. The molecule has 0 spiro atoms. The summed E-state index contributed by atoms with van der Waals surface area (Å²) in [6.07, 6.45) is 1.85. The van der Waals surface area contributed by atoms with E-state index in [2.05, 4.69) is 10.1 Å². The van der Waals surface area contributed by atoms with Crippen molar-refractivity contribution in [2.75, 3.05) is 0 Å². The summed E-state index contributed by atoms with van der Waals surface area (Å²) in [5.74, 6) is 0.525. The van der Waals surface area contributed by atoms with Gasteiger partial charge in [0.2, 0.25) is 0 Å². The van der Waals surface area contributed by atoms with Crippen LogP contribution in [-0.4, -0.2) is 23.5 Å². The maximum absolute atomic E-state index is 13.5. The lowest BCUT2D eigenvalue weighted by Crippen LogP contribution is -2.27. The van der Waals surface area contributed by atoms with E-state index in [0.717, 1.165) is 20.9 Å². The normalized spacial score (nSPS) is 16.6. The number of hydrogen-bond acceptors (Lipinski definition) is 5. The van der Waals surface area contributed by atoms with Crippen molar-refractivity contribution >= 4 is 38.2 Å². The van der Waals surface area contributed by atoms with E-state index in [-0.39, 0.29) is 10.0 Å². The van der Waals surface area contributed by atoms with Crippen LogP contribution < -0.4 is 0 Å². The number of hydrazone groups is 1. The van der Waals surface area contributed by atoms with Crippen LogP contribution in [0.5, 0.6) is 0 Å². The summed E-state index contributed by atoms with van der Waals surface area (Å²) in [5.41, 5.74) is 2.93. The fourth-order valence-corrected chi connectivity index (χ4v) is 5.52. The Labute approximate surface area is 184 Å². The van der Waals surface area contributed by atoms with Gasteiger partial charge in [0.25, 0.3) is 10.0 Å². The van der Waals surface area contributed by atoms with E-state index in [9.17, 15) is 8.42 Å². The monoisotopic (exact) mass is 451 g/mol. The van der Waals surface area contributed by atoms with Crippen LogP contribution in [0.3, 0.4) is 0 Å². The summed E-state index contributed by atoms with van der Waals surface area (Å²) in [6, 6.07) is 18.8. The zero-order valence-corrected chi connectivity index (χ0v) is 18.1.